The fourth-order valence-electron chi connectivity index (χ4n) is 4.10. The van der Waals surface area contributed by atoms with Crippen molar-refractivity contribution in [1.82, 2.24) is 15.6 Å². The third kappa shape index (κ3) is 4.82. The van der Waals surface area contributed by atoms with E-state index in [1.54, 1.807) is 12.4 Å². The SMILES string of the molecule is CC1=C(C(=O)NCC(NC(=O)c2cncc(C)c2)c2ccc3ccccc3c2)CCC1. The van der Waals surface area contributed by atoms with Crippen LogP contribution in [0, 0.1) is 6.92 Å². The minimum absolute atomic E-state index is 0.0349. The predicted octanol–water partition coefficient (Wildman–Crippen LogP) is 4.63. The number of nitrogens with zero attached hydrogens (tertiary/aromatic N) is 1. The van der Waals surface area contributed by atoms with Gasteiger partial charge < -0.3 is 10.6 Å². The first kappa shape index (κ1) is 20.8. The Morgan fingerprint density at radius 2 is 1.77 bits per heavy atom. The van der Waals surface area contributed by atoms with E-state index in [4.69, 9.17) is 0 Å². The summed E-state index contributed by atoms with van der Waals surface area (Å²) >= 11 is 0. The molecule has 1 unspecified atom stereocenters. The van der Waals surface area contributed by atoms with Crippen LogP contribution in [0.5, 0.6) is 0 Å². The summed E-state index contributed by atoms with van der Waals surface area (Å²) in [5.41, 5.74) is 4.42. The number of fused-ring (bicyclic) bond motifs is 1. The first-order valence-corrected chi connectivity index (χ1v) is 10.7. The number of allylic oxidation sites excluding steroid dienone is 1. The van der Waals surface area contributed by atoms with E-state index in [2.05, 4.69) is 27.8 Å². The molecule has 158 valence electrons. The number of benzene rings is 2. The normalized spacial score (nSPS) is 14.5. The Labute approximate surface area is 182 Å². The third-order valence-electron chi connectivity index (χ3n) is 5.85. The lowest BCUT2D eigenvalue weighted by Crippen LogP contribution is -2.38. The summed E-state index contributed by atoms with van der Waals surface area (Å²) in [6.45, 7) is 4.25. The van der Waals surface area contributed by atoms with Crippen molar-refractivity contribution in [2.45, 2.75) is 39.2 Å². The molecule has 1 aliphatic rings. The highest BCUT2D eigenvalue weighted by Gasteiger charge is 2.21. The Kier molecular flexibility index (Phi) is 6.12. The van der Waals surface area contributed by atoms with E-state index < -0.39 is 0 Å². The summed E-state index contributed by atoms with van der Waals surface area (Å²) in [4.78, 5) is 29.8. The predicted molar refractivity (Wildman–Crippen MR) is 123 cm³/mol. The Morgan fingerprint density at radius 3 is 2.52 bits per heavy atom. The van der Waals surface area contributed by atoms with Gasteiger partial charge in [0.2, 0.25) is 5.91 Å². The molecule has 31 heavy (non-hydrogen) atoms. The zero-order valence-electron chi connectivity index (χ0n) is 17.9. The third-order valence-corrected chi connectivity index (χ3v) is 5.85. The molecule has 5 nitrogen and oxygen atoms in total. The van der Waals surface area contributed by atoms with Crippen LogP contribution in [0.15, 0.2) is 72.1 Å². The van der Waals surface area contributed by atoms with Crippen LogP contribution in [0.2, 0.25) is 0 Å². The number of nitrogens with one attached hydrogen (secondary N) is 2. The Morgan fingerprint density at radius 1 is 0.968 bits per heavy atom. The smallest absolute Gasteiger partial charge is 0.253 e. The number of pyridine rings is 1. The van der Waals surface area contributed by atoms with Gasteiger partial charge in [-0.3, -0.25) is 14.6 Å². The van der Waals surface area contributed by atoms with E-state index in [1.807, 2.05) is 50.2 Å². The molecular weight excluding hydrogens is 386 g/mol. The summed E-state index contributed by atoms with van der Waals surface area (Å²) in [5, 5.41) is 8.36. The summed E-state index contributed by atoms with van der Waals surface area (Å²) in [5.74, 6) is -0.243. The monoisotopic (exact) mass is 413 g/mol. The van der Waals surface area contributed by atoms with Gasteiger partial charge >= 0.3 is 0 Å². The molecule has 2 aromatic carbocycles. The number of carbonyl (C=O) groups is 2. The fourth-order valence-corrected chi connectivity index (χ4v) is 4.10. The van der Waals surface area contributed by atoms with E-state index >= 15 is 0 Å². The summed E-state index contributed by atoms with van der Waals surface area (Å²) in [6.07, 6.45) is 6.11. The number of hydrogen-bond donors (Lipinski definition) is 2. The zero-order valence-corrected chi connectivity index (χ0v) is 17.9. The standard InChI is InChI=1S/C26H27N3O2/c1-17-12-22(15-27-14-17)25(30)29-24(16-28-26(31)23-9-5-6-18(23)2)21-11-10-19-7-3-4-8-20(19)13-21/h3-4,7-8,10-15,24H,5-6,9,16H2,1-2H3,(H,28,31)(H,29,30). The molecule has 0 aliphatic heterocycles. The second kappa shape index (κ2) is 9.13. The lowest BCUT2D eigenvalue weighted by atomic mass is 10.0. The quantitative estimate of drug-likeness (QED) is 0.619. The van der Waals surface area contributed by atoms with Crippen LogP contribution in [0.1, 0.15) is 53.7 Å². The Balaban J connectivity index is 1.58. The number of carbonyl (C=O) groups excluding carboxylic acids is 2. The molecule has 0 radical (unpaired) electrons. The molecule has 3 aromatic rings. The maximum Gasteiger partial charge on any atom is 0.253 e. The van der Waals surface area contributed by atoms with Crippen molar-refractivity contribution in [3.63, 3.8) is 0 Å². The molecule has 0 spiro atoms. The first-order valence-electron chi connectivity index (χ1n) is 10.7. The molecule has 1 atom stereocenters. The van der Waals surface area contributed by atoms with Crippen molar-refractivity contribution >= 4 is 22.6 Å². The molecule has 2 amide bonds. The van der Waals surface area contributed by atoms with Gasteiger partial charge in [-0.25, -0.2) is 0 Å². The van der Waals surface area contributed by atoms with Crippen molar-refractivity contribution in [2.75, 3.05) is 6.54 Å². The van der Waals surface area contributed by atoms with Crippen LogP contribution in [0.4, 0.5) is 0 Å². The minimum Gasteiger partial charge on any atom is -0.350 e. The van der Waals surface area contributed by atoms with Crippen molar-refractivity contribution in [3.05, 3.63) is 88.8 Å². The largest absolute Gasteiger partial charge is 0.350 e. The number of rotatable bonds is 6. The molecule has 1 aliphatic carbocycles. The van der Waals surface area contributed by atoms with Crippen LogP contribution in [0.25, 0.3) is 10.8 Å². The number of hydrogen-bond acceptors (Lipinski definition) is 3. The van der Waals surface area contributed by atoms with E-state index in [9.17, 15) is 9.59 Å². The van der Waals surface area contributed by atoms with E-state index in [0.29, 0.717) is 12.1 Å². The number of aromatic nitrogens is 1. The average molecular weight is 414 g/mol. The van der Waals surface area contributed by atoms with E-state index in [1.165, 1.54) is 0 Å². The fraction of sp³-hybridized carbons (Fsp3) is 0.269. The second-order valence-electron chi connectivity index (χ2n) is 8.21. The molecular formula is C26H27N3O2. The first-order chi connectivity index (χ1) is 15.0. The van der Waals surface area contributed by atoms with Gasteiger partial charge in [0.15, 0.2) is 0 Å². The van der Waals surface area contributed by atoms with E-state index in [-0.39, 0.29) is 17.9 Å². The van der Waals surface area contributed by atoms with Gasteiger partial charge in [-0.15, -0.1) is 0 Å². The highest BCUT2D eigenvalue weighted by molar-refractivity contribution is 5.95. The zero-order chi connectivity index (χ0) is 21.8. The molecule has 1 heterocycles. The van der Waals surface area contributed by atoms with Gasteiger partial charge in [0.05, 0.1) is 11.6 Å². The van der Waals surface area contributed by atoms with Gasteiger partial charge in [-0.1, -0.05) is 42.0 Å². The molecule has 0 saturated carbocycles. The number of amides is 2. The van der Waals surface area contributed by atoms with Gasteiger partial charge in [-0.2, -0.15) is 0 Å². The van der Waals surface area contributed by atoms with Crippen LogP contribution in [0.3, 0.4) is 0 Å². The summed E-state index contributed by atoms with van der Waals surface area (Å²) in [7, 11) is 0. The maximum absolute atomic E-state index is 12.9. The van der Waals surface area contributed by atoms with Crippen LogP contribution in [-0.2, 0) is 4.79 Å². The molecule has 0 saturated heterocycles. The molecule has 2 N–H and O–H groups in total. The van der Waals surface area contributed by atoms with Gasteiger partial charge in [0, 0.05) is 24.5 Å². The molecule has 5 heteroatoms. The summed E-state index contributed by atoms with van der Waals surface area (Å²) in [6, 6.07) is 15.7. The molecule has 1 aromatic heterocycles. The number of aryl methyl sites for hydroxylation is 1. The molecule has 0 bridgehead atoms. The van der Waals surface area contributed by atoms with Gasteiger partial charge in [0.1, 0.15) is 0 Å². The molecule has 0 fully saturated rings. The van der Waals surface area contributed by atoms with Gasteiger partial charge in [0.25, 0.3) is 5.91 Å². The van der Waals surface area contributed by atoms with Crippen molar-refractivity contribution in [3.8, 4) is 0 Å². The second-order valence-corrected chi connectivity index (χ2v) is 8.21. The van der Waals surface area contributed by atoms with Crippen LogP contribution >= 0.6 is 0 Å². The Bertz CT molecular complexity index is 1170. The van der Waals surface area contributed by atoms with Crippen molar-refractivity contribution < 1.29 is 9.59 Å². The van der Waals surface area contributed by atoms with Crippen LogP contribution < -0.4 is 10.6 Å². The van der Waals surface area contributed by atoms with Crippen molar-refractivity contribution in [2.24, 2.45) is 0 Å². The topological polar surface area (TPSA) is 71.1 Å². The minimum atomic E-state index is -0.358. The Hall–Kier alpha value is -3.47. The molecule has 4 rings (SSSR count). The van der Waals surface area contributed by atoms with Gasteiger partial charge in [-0.05, 0) is 67.1 Å². The van der Waals surface area contributed by atoms with Crippen molar-refractivity contribution in [1.29, 1.82) is 0 Å². The average Bonchev–Trinajstić information content (AvgIpc) is 3.22. The lowest BCUT2D eigenvalue weighted by Gasteiger charge is -2.21. The van der Waals surface area contributed by atoms with E-state index in [0.717, 1.165) is 52.3 Å². The highest BCUT2D eigenvalue weighted by atomic mass is 16.2. The maximum atomic E-state index is 12.9. The van der Waals surface area contributed by atoms with Crippen LogP contribution in [-0.4, -0.2) is 23.3 Å². The lowest BCUT2D eigenvalue weighted by molar-refractivity contribution is -0.117. The summed E-state index contributed by atoms with van der Waals surface area (Å²) < 4.78 is 0. The highest BCUT2D eigenvalue weighted by Crippen LogP contribution is 2.26.